The van der Waals surface area contributed by atoms with Crippen LogP contribution in [0.4, 0.5) is 5.69 Å². The van der Waals surface area contributed by atoms with E-state index in [1.54, 1.807) is 44.2 Å². The zero-order valence-corrected chi connectivity index (χ0v) is 24.4. The number of ether oxygens (including phenoxy) is 2. The number of carbonyl (C=O) groups excluding carboxylic acids is 2. The van der Waals surface area contributed by atoms with E-state index in [4.69, 9.17) is 13.9 Å². The van der Waals surface area contributed by atoms with E-state index in [-0.39, 0.29) is 29.8 Å². The summed E-state index contributed by atoms with van der Waals surface area (Å²) < 4.78 is 44.8. The van der Waals surface area contributed by atoms with Crippen molar-refractivity contribution >= 4 is 27.5 Å². The number of sulfonamides is 1. The maximum absolute atomic E-state index is 13.7. The van der Waals surface area contributed by atoms with Crippen LogP contribution in [0.3, 0.4) is 0 Å². The lowest BCUT2D eigenvalue weighted by atomic mass is 10.1. The maximum atomic E-state index is 13.7. The first-order valence-electron chi connectivity index (χ1n) is 13.0. The van der Waals surface area contributed by atoms with Crippen LogP contribution in [-0.4, -0.2) is 62.8 Å². The van der Waals surface area contributed by atoms with E-state index in [0.29, 0.717) is 42.3 Å². The lowest BCUT2D eigenvalue weighted by Crippen LogP contribution is -2.46. The molecule has 3 aromatic rings. The van der Waals surface area contributed by atoms with Gasteiger partial charge in [0.05, 0.1) is 38.5 Å². The molecular formula is C29H37N3O7S. The Morgan fingerprint density at radius 1 is 1.02 bits per heavy atom. The Bertz CT molecular complexity index is 1370. The third-order valence-electron chi connectivity index (χ3n) is 6.55. The molecule has 0 bridgehead atoms. The van der Waals surface area contributed by atoms with Crippen LogP contribution in [-0.2, 0) is 32.6 Å². The largest absolute Gasteiger partial charge is 0.493 e. The van der Waals surface area contributed by atoms with Gasteiger partial charge in [-0.05, 0) is 73.9 Å². The molecule has 0 fully saturated rings. The molecule has 3 rings (SSSR count). The van der Waals surface area contributed by atoms with E-state index >= 15 is 0 Å². The average Bonchev–Trinajstić information content (AvgIpc) is 3.46. The highest BCUT2D eigenvalue weighted by Crippen LogP contribution is 2.28. The van der Waals surface area contributed by atoms with Gasteiger partial charge in [0.2, 0.25) is 21.8 Å². The van der Waals surface area contributed by atoms with Crippen molar-refractivity contribution in [2.45, 2.75) is 51.1 Å². The van der Waals surface area contributed by atoms with E-state index in [2.05, 4.69) is 5.32 Å². The summed E-state index contributed by atoms with van der Waals surface area (Å²) in [6.45, 7) is 5.21. The number of methoxy groups -OCH3 is 2. The van der Waals surface area contributed by atoms with Gasteiger partial charge in [0, 0.05) is 25.2 Å². The summed E-state index contributed by atoms with van der Waals surface area (Å²) in [7, 11) is -0.886. The molecule has 0 aliphatic rings. The Hall–Kier alpha value is -3.83. The predicted octanol–water partition coefficient (Wildman–Crippen LogP) is 4.32. The molecule has 0 saturated carbocycles. The number of furan rings is 1. The third-order valence-corrected chi connectivity index (χ3v) is 8.53. The Balaban J connectivity index is 1.84. The van der Waals surface area contributed by atoms with E-state index in [1.807, 2.05) is 19.1 Å². The standard InChI is InChI=1S/C29H37N3O7S/c1-6-21(2)32(40(35,36)26-12-10-24(11-13-26)30-22(3)33)20-29(34)31(19-25-8-7-17-39-25)16-15-23-9-14-27(37-4)28(18-23)38-5/h7-14,17-18,21H,6,15-16,19-20H2,1-5H3,(H,30,33). The van der Waals surface area contributed by atoms with E-state index in [0.717, 1.165) is 5.56 Å². The molecule has 1 heterocycles. The number of hydrogen-bond donors (Lipinski definition) is 1. The summed E-state index contributed by atoms with van der Waals surface area (Å²) >= 11 is 0. The quantitative estimate of drug-likeness (QED) is 0.306. The first-order chi connectivity index (χ1) is 19.1. The first-order valence-corrected chi connectivity index (χ1v) is 14.4. The lowest BCUT2D eigenvalue weighted by molar-refractivity contribution is -0.132. The molecule has 0 spiro atoms. The van der Waals surface area contributed by atoms with Gasteiger partial charge in [-0.3, -0.25) is 9.59 Å². The maximum Gasteiger partial charge on any atom is 0.243 e. The van der Waals surface area contributed by atoms with Crippen LogP contribution in [0.5, 0.6) is 11.5 Å². The second kappa shape index (κ2) is 14.0. The van der Waals surface area contributed by atoms with Crippen molar-refractivity contribution in [3.05, 3.63) is 72.2 Å². The Morgan fingerprint density at radius 3 is 2.30 bits per heavy atom. The smallest absolute Gasteiger partial charge is 0.243 e. The van der Waals surface area contributed by atoms with Crippen LogP contribution in [0.15, 0.2) is 70.2 Å². The van der Waals surface area contributed by atoms with E-state index < -0.39 is 16.1 Å². The topological polar surface area (TPSA) is 118 Å². The molecule has 1 N–H and O–H groups in total. The van der Waals surface area contributed by atoms with Crippen molar-refractivity contribution in [3.8, 4) is 11.5 Å². The van der Waals surface area contributed by atoms with Crippen LogP contribution in [0.25, 0.3) is 0 Å². The zero-order valence-electron chi connectivity index (χ0n) is 23.5. The third kappa shape index (κ3) is 7.86. The number of nitrogens with one attached hydrogen (secondary N) is 1. The monoisotopic (exact) mass is 571 g/mol. The second-order valence-corrected chi connectivity index (χ2v) is 11.2. The second-order valence-electron chi connectivity index (χ2n) is 9.35. The molecule has 0 aliphatic heterocycles. The van der Waals surface area contributed by atoms with Gasteiger partial charge in [-0.25, -0.2) is 8.42 Å². The van der Waals surface area contributed by atoms with Crippen molar-refractivity contribution in [2.24, 2.45) is 0 Å². The molecule has 0 saturated heterocycles. The minimum Gasteiger partial charge on any atom is -0.493 e. The van der Waals surface area contributed by atoms with Gasteiger partial charge in [0.1, 0.15) is 5.76 Å². The summed E-state index contributed by atoms with van der Waals surface area (Å²) in [5.41, 5.74) is 1.41. The Labute approximate surface area is 235 Å². The minimum absolute atomic E-state index is 0.0395. The number of benzene rings is 2. The summed E-state index contributed by atoms with van der Waals surface area (Å²) in [5.74, 6) is 1.17. The van der Waals surface area contributed by atoms with Crippen molar-refractivity contribution in [2.75, 3.05) is 32.6 Å². The van der Waals surface area contributed by atoms with Crippen molar-refractivity contribution < 1.29 is 31.9 Å². The van der Waals surface area contributed by atoms with Gasteiger partial charge in [-0.1, -0.05) is 13.0 Å². The molecule has 216 valence electrons. The van der Waals surface area contributed by atoms with E-state index in [1.165, 1.54) is 41.8 Å². The molecule has 1 unspecified atom stereocenters. The summed E-state index contributed by atoms with van der Waals surface area (Å²) in [6, 6.07) is 14.6. The number of rotatable bonds is 14. The fourth-order valence-electron chi connectivity index (χ4n) is 4.15. The van der Waals surface area contributed by atoms with Crippen LogP contribution in [0.1, 0.15) is 38.5 Å². The highest BCUT2D eigenvalue weighted by atomic mass is 32.2. The molecule has 0 radical (unpaired) electrons. The highest BCUT2D eigenvalue weighted by Gasteiger charge is 2.32. The molecule has 2 aromatic carbocycles. The minimum atomic E-state index is -4.01. The predicted molar refractivity (Wildman–Crippen MR) is 152 cm³/mol. The number of hydrogen-bond acceptors (Lipinski definition) is 7. The molecule has 2 amide bonds. The summed E-state index contributed by atoms with van der Waals surface area (Å²) in [5, 5.41) is 2.62. The molecule has 11 heteroatoms. The lowest BCUT2D eigenvalue weighted by Gasteiger charge is -2.30. The van der Waals surface area contributed by atoms with Gasteiger partial charge in [-0.2, -0.15) is 4.31 Å². The van der Waals surface area contributed by atoms with Crippen molar-refractivity contribution in [1.82, 2.24) is 9.21 Å². The molecule has 1 aromatic heterocycles. The molecule has 40 heavy (non-hydrogen) atoms. The zero-order chi connectivity index (χ0) is 29.3. The molecule has 10 nitrogen and oxygen atoms in total. The highest BCUT2D eigenvalue weighted by molar-refractivity contribution is 7.89. The van der Waals surface area contributed by atoms with Crippen LogP contribution < -0.4 is 14.8 Å². The van der Waals surface area contributed by atoms with Crippen LogP contribution >= 0.6 is 0 Å². The van der Waals surface area contributed by atoms with Crippen LogP contribution in [0.2, 0.25) is 0 Å². The van der Waals surface area contributed by atoms with Gasteiger partial charge in [0.15, 0.2) is 11.5 Å². The Morgan fingerprint density at radius 2 is 1.73 bits per heavy atom. The normalized spacial score (nSPS) is 12.2. The number of nitrogens with zero attached hydrogens (tertiary/aromatic N) is 2. The van der Waals surface area contributed by atoms with Gasteiger partial charge < -0.3 is 24.1 Å². The average molecular weight is 572 g/mol. The van der Waals surface area contributed by atoms with Crippen LogP contribution in [0, 0.1) is 0 Å². The van der Waals surface area contributed by atoms with Crippen molar-refractivity contribution in [3.63, 3.8) is 0 Å². The van der Waals surface area contributed by atoms with Gasteiger partial charge in [0.25, 0.3) is 0 Å². The molecule has 1 atom stereocenters. The Kier molecular flexibility index (Phi) is 10.7. The molecule has 0 aliphatic carbocycles. The fourth-order valence-corrected chi connectivity index (χ4v) is 5.80. The van der Waals surface area contributed by atoms with Gasteiger partial charge in [-0.15, -0.1) is 0 Å². The van der Waals surface area contributed by atoms with E-state index in [9.17, 15) is 18.0 Å². The van der Waals surface area contributed by atoms with Gasteiger partial charge >= 0.3 is 0 Å². The van der Waals surface area contributed by atoms with Crippen molar-refractivity contribution in [1.29, 1.82) is 0 Å². The summed E-state index contributed by atoms with van der Waals surface area (Å²) in [4.78, 5) is 26.7. The number of anilines is 1. The number of carbonyl (C=O) groups is 2. The fraction of sp³-hybridized carbons (Fsp3) is 0.379. The molecular weight excluding hydrogens is 534 g/mol. The number of amides is 2. The SMILES string of the molecule is CCC(C)N(CC(=O)N(CCc1ccc(OC)c(OC)c1)Cc1ccco1)S(=O)(=O)c1ccc(NC(C)=O)cc1. The summed E-state index contributed by atoms with van der Waals surface area (Å²) in [6.07, 6.45) is 2.56. The first kappa shape index (κ1) is 30.7.